The summed E-state index contributed by atoms with van der Waals surface area (Å²) in [7, 11) is 0. The van der Waals surface area contributed by atoms with E-state index in [1.54, 1.807) is 4.68 Å². The molecule has 37 heavy (non-hydrogen) atoms. The van der Waals surface area contributed by atoms with E-state index in [-0.39, 0.29) is 28.5 Å². The Morgan fingerprint density at radius 3 is 2.57 bits per heavy atom. The number of carbonyl (C=O) groups is 1. The van der Waals surface area contributed by atoms with Gasteiger partial charge in [-0.2, -0.15) is 23.4 Å². The number of carbonyl (C=O) groups excluding carboxylic acids is 1. The number of amides is 1. The van der Waals surface area contributed by atoms with Crippen molar-refractivity contribution in [3.8, 4) is 0 Å². The molecule has 5 fully saturated rings. The molecule has 12 heteroatoms. The van der Waals surface area contributed by atoms with Crippen molar-refractivity contribution in [2.45, 2.75) is 88.4 Å². The zero-order valence-corrected chi connectivity index (χ0v) is 20.5. The Bertz CT molecular complexity index is 1200. The second-order valence-electron chi connectivity index (χ2n) is 11.9. The monoisotopic (exact) mass is 520 g/mol. The molecule has 1 amide bonds. The van der Waals surface area contributed by atoms with E-state index in [9.17, 15) is 28.1 Å². The zero-order chi connectivity index (χ0) is 26.0. The van der Waals surface area contributed by atoms with Gasteiger partial charge in [0.25, 0.3) is 0 Å². The number of hydrogen-bond acceptors (Lipinski definition) is 5. The van der Waals surface area contributed by atoms with Crippen molar-refractivity contribution in [3.63, 3.8) is 0 Å². The topological polar surface area (TPSA) is 108 Å². The molecular formula is C25H31F3N6O3. The number of nitrogens with one attached hydrogen (secondary N) is 1. The van der Waals surface area contributed by atoms with Crippen LogP contribution in [0.25, 0.3) is 0 Å². The quantitative estimate of drug-likeness (QED) is 0.291. The van der Waals surface area contributed by atoms with Crippen LogP contribution in [0, 0.1) is 27.4 Å². The molecule has 1 N–H and O–H groups in total. The van der Waals surface area contributed by atoms with Crippen molar-refractivity contribution >= 4 is 11.6 Å². The lowest BCUT2D eigenvalue weighted by atomic mass is 9.46. The summed E-state index contributed by atoms with van der Waals surface area (Å²) in [4.78, 5) is 23.8. The first-order valence-corrected chi connectivity index (χ1v) is 13.2. The minimum atomic E-state index is -4.46. The highest BCUT2D eigenvalue weighted by atomic mass is 19.4. The van der Waals surface area contributed by atoms with Crippen LogP contribution in [-0.2, 0) is 23.1 Å². The molecule has 0 radical (unpaired) electrons. The minimum absolute atomic E-state index is 0.00748. The van der Waals surface area contributed by atoms with Gasteiger partial charge < -0.3 is 5.32 Å². The first-order valence-electron chi connectivity index (χ1n) is 13.2. The fourth-order valence-electron chi connectivity index (χ4n) is 7.86. The molecule has 200 valence electrons. The minimum Gasteiger partial charge on any atom is -0.356 e. The highest BCUT2D eigenvalue weighted by molar-refractivity contribution is 5.76. The van der Waals surface area contributed by atoms with Crippen LogP contribution in [0.5, 0.6) is 0 Å². The first-order chi connectivity index (χ1) is 17.5. The van der Waals surface area contributed by atoms with Gasteiger partial charge in [-0.1, -0.05) is 0 Å². The molecule has 7 rings (SSSR count). The molecule has 2 aromatic rings. The average Bonchev–Trinajstić information content (AvgIpc) is 3.33. The second-order valence-corrected chi connectivity index (χ2v) is 11.9. The number of hydrogen-bond donors (Lipinski definition) is 1. The number of aromatic nitrogens is 4. The average molecular weight is 521 g/mol. The number of nitrogens with zero attached hydrogens (tertiary/aromatic N) is 5. The first kappa shape index (κ1) is 24.4. The number of nitro groups is 1. The van der Waals surface area contributed by atoms with Crippen LogP contribution in [0.3, 0.4) is 0 Å². The summed E-state index contributed by atoms with van der Waals surface area (Å²) in [6, 6.07) is 1.16. The summed E-state index contributed by atoms with van der Waals surface area (Å²) in [6.07, 6.45) is 6.85. The fourth-order valence-corrected chi connectivity index (χ4v) is 7.86. The Kier molecular flexibility index (Phi) is 5.65. The Labute approximate surface area is 211 Å². The molecular weight excluding hydrogens is 489 g/mol. The van der Waals surface area contributed by atoms with E-state index in [2.05, 4.69) is 15.5 Å². The summed E-state index contributed by atoms with van der Waals surface area (Å²) < 4.78 is 42.6. The molecule has 2 atom stereocenters. The van der Waals surface area contributed by atoms with E-state index < -0.39 is 16.8 Å². The molecule has 9 nitrogen and oxygen atoms in total. The van der Waals surface area contributed by atoms with Crippen LogP contribution >= 0.6 is 0 Å². The number of halogens is 3. The number of aryl methyl sites for hydroxylation is 1. The van der Waals surface area contributed by atoms with Crippen LogP contribution in [-0.4, -0.2) is 36.9 Å². The second kappa shape index (κ2) is 8.56. The fraction of sp³-hybridized carbons (Fsp3) is 0.720. The maximum Gasteiger partial charge on any atom is 0.435 e. The lowest BCUT2D eigenvalue weighted by Crippen LogP contribution is -2.57. The van der Waals surface area contributed by atoms with Gasteiger partial charge in [0.2, 0.25) is 5.91 Å². The van der Waals surface area contributed by atoms with Crippen molar-refractivity contribution in [2.75, 3.05) is 6.54 Å². The zero-order valence-electron chi connectivity index (χ0n) is 20.5. The van der Waals surface area contributed by atoms with Crippen molar-refractivity contribution in [2.24, 2.45) is 17.3 Å². The Morgan fingerprint density at radius 1 is 1.22 bits per heavy atom. The third-order valence-corrected chi connectivity index (χ3v) is 8.92. The van der Waals surface area contributed by atoms with E-state index in [4.69, 9.17) is 0 Å². The van der Waals surface area contributed by atoms with E-state index >= 15 is 0 Å². The lowest BCUT2D eigenvalue weighted by Gasteiger charge is -2.61. The predicted octanol–water partition coefficient (Wildman–Crippen LogP) is 4.78. The van der Waals surface area contributed by atoms with Crippen LogP contribution in [0.1, 0.15) is 81.5 Å². The van der Waals surface area contributed by atoms with E-state index in [0.717, 1.165) is 57.4 Å². The van der Waals surface area contributed by atoms with Gasteiger partial charge in [0.15, 0.2) is 5.69 Å². The summed E-state index contributed by atoms with van der Waals surface area (Å²) in [5, 5.41) is 22.3. The Hall–Kier alpha value is -2.92. The van der Waals surface area contributed by atoms with Crippen LogP contribution < -0.4 is 5.32 Å². The molecule has 5 aliphatic rings. The van der Waals surface area contributed by atoms with Crippen molar-refractivity contribution in [1.29, 1.82) is 0 Å². The van der Waals surface area contributed by atoms with E-state index in [1.807, 2.05) is 0 Å². The molecule has 2 heterocycles. The third-order valence-electron chi connectivity index (χ3n) is 8.92. The standard InChI is InChI=1S/C25H31F3N6O3/c26-25(27,28)21-7-20(18-2-3-18)32(31-21)5-1-4-29-22(35)12-23-8-16-6-17(9-23)11-24(10-16,15-23)33-14-19(13-30-33)34(36)37/h7,13-14,16-18H,1-6,8-12,15H2,(H,29,35). The predicted molar refractivity (Wildman–Crippen MR) is 125 cm³/mol. The summed E-state index contributed by atoms with van der Waals surface area (Å²) >= 11 is 0. The number of alkyl halides is 3. The maximum atomic E-state index is 13.1. The van der Waals surface area contributed by atoms with Gasteiger partial charge in [-0.15, -0.1) is 0 Å². The van der Waals surface area contributed by atoms with Gasteiger partial charge in [0.1, 0.15) is 12.4 Å². The molecule has 5 saturated carbocycles. The van der Waals surface area contributed by atoms with E-state index in [0.29, 0.717) is 43.5 Å². The molecule has 4 bridgehead atoms. The molecule has 2 unspecified atom stereocenters. The van der Waals surface area contributed by atoms with Crippen molar-refractivity contribution in [1.82, 2.24) is 24.9 Å². The largest absolute Gasteiger partial charge is 0.435 e. The number of rotatable bonds is 9. The lowest BCUT2D eigenvalue weighted by molar-refractivity contribution is -0.385. The van der Waals surface area contributed by atoms with Gasteiger partial charge in [0, 0.05) is 31.1 Å². The van der Waals surface area contributed by atoms with Gasteiger partial charge in [0.05, 0.1) is 10.5 Å². The van der Waals surface area contributed by atoms with Gasteiger partial charge in [-0.3, -0.25) is 24.3 Å². The van der Waals surface area contributed by atoms with Gasteiger partial charge >= 0.3 is 11.9 Å². The summed E-state index contributed by atoms with van der Waals surface area (Å²) in [5.41, 5.74) is -0.633. The maximum absolute atomic E-state index is 13.1. The van der Waals surface area contributed by atoms with Gasteiger partial charge in [-0.25, -0.2) is 0 Å². The van der Waals surface area contributed by atoms with Crippen LogP contribution in [0.15, 0.2) is 18.5 Å². The summed E-state index contributed by atoms with van der Waals surface area (Å²) in [5.74, 6) is 1.09. The van der Waals surface area contributed by atoms with Crippen molar-refractivity contribution < 1.29 is 22.9 Å². The molecule has 2 aromatic heterocycles. The highest BCUT2D eigenvalue weighted by Crippen LogP contribution is 2.65. The van der Waals surface area contributed by atoms with Crippen LogP contribution in [0.4, 0.5) is 18.9 Å². The Morgan fingerprint density at radius 2 is 1.95 bits per heavy atom. The molecule has 0 spiro atoms. The molecule has 0 aromatic carbocycles. The molecule has 0 saturated heterocycles. The van der Waals surface area contributed by atoms with E-state index in [1.165, 1.54) is 17.1 Å². The Balaban J connectivity index is 1.07. The van der Waals surface area contributed by atoms with Gasteiger partial charge in [-0.05, 0) is 81.1 Å². The summed E-state index contributed by atoms with van der Waals surface area (Å²) in [6.45, 7) is 0.711. The van der Waals surface area contributed by atoms with Crippen LogP contribution in [0.2, 0.25) is 0 Å². The highest BCUT2D eigenvalue weighted by Gasteiger charge is 2.59. The SMILES string of the molecule is O=C(CC12CC3CC(C1)CC(n1cc([N+](=O)[O-])cn1)(C3)C2)NCCCn1nc(C(F)(F)F)cc1C1CC1. The smallest absolute Gasteiger partial charge is 0.356 e. The molecule has 0 aliphatic heterocycles. The normalized spacial score (nSPS) is 30.6. The molecule has 5 aliphatic carbocycles. The van der Waals surface area contributed by atoms with Crippen molar-refractivity contribution in [3.05, 3.63) is 40.0 Å². The third kappa shape index (κ3) is 4.63.